The summed E-state index contributed by atoms with van der Waals surface area (Å²) in [6.07, 6.45) is 5.06. The molecule has 4 aromatic rings. The molecule has 4 nitrogen and oxygen atoms in total. The molecule has 0 saturated heterocycles. The topological polar surface area (TPSA) is 44.8 Å². The van der Waals surface area contributed by atoms with Gasteiger partial charge in [-0.25, -0.2) is 4.79 Å². The third-order valence-electron chi connectivity index (χ3n) is 7.36. The maximum absolute atomic E-state index is 12.3. The number of hydrogen-bond donors (Lipinski definition) is 0. The van der Waals surface area contributed by atoms with Crippen molar-refractivity contribution in [1.82, 2.24) is 0 Å². The molecule has 5 heteroatoms. The molecule has 3 aromatic carbocycles. The fraction of sp³-hybridized carbons (Fsp3) is 0.387. The van der Waals surface area contributed by atoms with Gasteiger partial charge in [0.15, 0.2) is 14.3 Å². The summed E-state index contributed by atoms with van der Waals surface area (Å²) in [6.45, 7) is 7.02. The zero-order chi connectivity index (χ0) is 25.1. The minimum atomic E-state index is -0.270. The van der Waals surface area contributed by atoms with Crippen molar-refractivity contribution in [2.24, 2.45) is 0 Å². The lowest BCUT2D eigenvalue weighted by molar-refractivity contribution is -0.165. The van der Waals surface area contributed by atoms with E-state index >= 15 is 0 Å². The number of hydrogen-bond acceptors (Lipinski definition) is 4. The molecule has 0 bridgehead atoms. The van der Waals surface area contributed by atoms with Crippen molar-refractivity contribution in [3.8, 4) is 10.6 Å². The van der Waals surface area contributed by atoms with Crippen LogP contribution in [0.25, 0.3) is 25.1 Å². The Morgan fingerprint density at radius 1 is 0.889 bits per heavy atom. The highest BCUT2D eigenvalue weighted by Gasteiger charge is 2.35. The Hall–Kier alpha value is -2.89. The highest BCUT2D eigenvalue weighted by Crippen LogP contribution is 2.49. The van der Waals surface area contributed by atoms with E-state index in [2.05, 4.69) is 81.4 Å². The lowest BCUT2D eigenvalue weighted by Crippen LogP contribution is -2.33. The Labute approximate surface area is 216 Å². The second kappa shape index (κ2) is 10.6. The molecule has 1 aromatic heterocycles. The van der Waals surface area contributed by atoms with Gasteiger partial charge in [0, 0.05) is 33.4 Å². The Balaban J connectivity index is 1.24. The van der Waals surface area contributed by atoms with Gasteiger partial charge in [-0.15, -0.1) is 0 Å². The standard InChI is InChI=1S/C31H35O4S/c1-4-31(15-9-10-16-31)35-29(32)21-33-17-18-34-30-22(2)19-24(20-23(30)3)36-27-13-7-5-11-25(27)26-12-6-8-14-28(26)36/h5-8,11-14,19-20H,4,9-10,15-18,21H2,1-3H3/q+1. The van der Waals surface area contributed by atoms with Crippen LogP contribution < -0.4 is 4.74 Å². The van der Waals surface area contributed by atoms with Crippen molar-refractivity contribution >= 4 is 36.6 Å². The molecule has 1 fully saturated rings. The second-order valence-electron chi connectivity index (χ2n) is 9.80. The molecule has 0 amide bonds. The lowest BCUT2D eigenvalue weighted by Gasteiger charge is -2.27. The number of benzene rings is 3. The Kier molecular flexibility index (Phi) is 7.31. The molecule has 0 aliphatic heterocycles. The number of thiophene rings is 1. The smallest absolute Gasteiger partial charge is 0.332 e. The van der Waals surface area contributed by atoms with Crippen molar-refractivity contribution in [3.05, 3.63) is 71.8 Å². The lowest BCUT2D eigenvalue weighted by atomic mass is 9.99. The number of carbonyl (C=O) groups excluding carboxylic acids is 1. The molecule has 188 valence electrons. The van der Waals surface area contributed by atoms with Gasteiger partial charge >= 0.3 is 5.97 Å². The minimum Gasteiger partial charge on any atom is -0.491 e. The Morgan fingerprint density at radius 3 is 2.06 bits per heavy atom. The first-order valence-corrected chi connectivity index (χ1v) is 14.2. The summed E-state index contributed by atoms with van der Waals surface area (Å²) < 4.78 is 20.2. The fourth-order valence-corrected chi connectivity index (χ4v) is 8.10. The van der Waals surface area contributed by atoms with E-state index in [1.165, 1.54) is 25.1 Å². The van der Waals surface area contributed by atoms with E-state index in [0.717, 1.165) is 49.0 Å². The van der Waals surface area contributed by atoms with E-state index in [-0.39, 0.29) is 28.6 Å². The summed E-state index contributed by atoms with van der Waals surface area (Å²) in [5.41, 5.74) is 1.96. The number of fused-ring (bicyclic) bond motifs is 3. The van der Waals surface area contributed by atoms with Crippen LogP contribution in [0.2, 0.25) is 0 Å². The average molecular weight is 504 g/mol. The Bertz CT molecular complexity index is 1300. The van der Waals surface area contributed by atoms with E-state index in [9.17, 15) is 4.79 Å². The molecule has 5 rings (SSSR count). The SMILES string of the molecule is CCC1(OC(=O)COCCOc2c(C)cc(-[s+]3c4ccccc4c4ccccc43)cc2C)CCCC1. The van der Waals surface area contributed by atoms with Crippen LogP contribution in [0, 0.1) is 13.8 Å². The maximum atomic E-state index is 12.3. The van der Waals surface area contributed by atoms with Crippen molar-refractivity contribution < 1.29 is 19.0 Å². The van der Waals surface area contributed by atoms with E-state index in [0.29, 0.717) is 13.2 Å². The van der Waals surface area contributed by atoms with E-state index in [4.69, 9.17) is 14.2 Å². The summed E-state index contributed by atoms with van der Waals surface area (Å²) in [5, 5.41) is 2.67. The summed E-state index contributed by atoms with van der Waals surface area (Å²) in [6, 6.07) is 22.0. The van der Waals surface area contributed by atoms with E-state index < -0.39 is 0 Å². The van der Waals surface area contributed by atoms with Crippen LogP contribution >= 0.6 is 10.5 Å². The van der Waals surface area contributed by atoms with Crippen LogP contribution in [-0.2, 0) is 14.3 Å². The normalized spacial score (nSPS) is 15.0. The van der Waals surface area contributed by atoms with Crippen LogP contribution in [0.1, 0.15) is 50.2 Å². The van der Waals surface area contributed by atoms with Crippen molar-refractivity contribution in [3.63, 3.8) is 0 Å². The highest BCUT2D eigenvalue weighted by atomic mass is 32.2. The molecule has 1 saturated carbocycles. The number of carbonyl (C=O) groups is 1. The molecule has 0 radical (unpaired) electrons. The number of rotatable bonds is 9. The van der Waals surface area contributed by atoms with Gasteiger partial charge in [0.25, 0.3) is 0 Å². The summed E-state index contributed by atoms with van der Waals surface area (Å²) >= 11 is 0. The van der Waals surface area contributed by atoms with Crippen molar-refractivity contribution in [1.29, 1.82) is 0 Å². The summed E-state index contributed by atoms with van der Waals surface area (Å²) in [7, 11) is -0.122. The summed E-state index contributed by atoms with van der Waals surface area (Å²) in [5.74, 6) is 0.624. The first-order valence-electron chi connectivity index (χ1n) is 13.0. The van der Waals surface area contributed by atoms with Crippen molar-refractivity contribution in [2.45, 2.75) is 58.5 Å². The van der Waals surface area contributed by atoms with E-state index in [1.807, 2.05) is 0 Å². The maximum Gasteiger partial charge on any atom is 0.332 e. The first-order chi connectivity index (χ1) is 17.5. The number of aryl methyl sites for hydroxylation is 2. The number of esters is 1. The third kappa shape index (κ3) is 4.87. The van der Waals surface area contributed by atoms with Gasteiger partial charge < -0.3 is 14.2 Å². The largest absolute Gasteiger partial charge is 0.491 e. The molecule has 0 N–H and O–H groups in total. The second-order valence-corrected chi connectivity index (χ2v) is 11.8. The van der Waals surface area contributed by atoms with Gasteiger partial charge in [0.1, 0.15) is 24.6 Å². The predicted octanol–water partition coefficient (Wildman–Crippen LogP) is 8.01. The van der Waals surface area contributed by atoms with Crippen molar-refractivity contribution in [2.75, 3.05) is 19.8 Å². The van der Waals surface area contributed by atoms with Gasteiger partial charge in [-0.05, 0) is 81.3 Å². The molecule has 0 unspecified atom stereocenters. The van der Waals surface area contributed by atoms with Gasteiger partial charge in [0.05, 0.1) is 6.61 Å². The molecular formula is C31H35O4S+. The molecule has 0 spiro atoms. The monoisotopic (exact) mass is 503 g/mol. The predicted molar refractivity (Wildman–Crippen MR) is 149 cm³/mol. The molecule has 1 aliphatic carbocycles. The molecular weight excluding hydrogens is 468 g/mol. The van der Waals surface area contributed by atoms with E-state index in [1.54, 1.807) is 0 Å². The van der Waals surface area contributed by atoms with Crippen LogP contribution in [-0.4, -0.2) is 31.4 Å². The Morgan fingerprint density at radius 2 is 1.47 bits per heavy atom. The highest BCUT2D eigenvalue weighted by molar-refractivity contribution is 7.50. The first kappa shape index (κ1) is 24.8. The zero-order valence-electron chi connectivity index (χ0n) is 21.5. The molecule has 1 aliphatic rings. The van der Waals surface area contributed by atoms with Crippen LogP contribution in [0.15, 0.2) is 60.7 Å². The average Bonchev–Trinajstić information content (AvgIpc) is 3.48. The zero-order valence-corrected chi connectivity index (χ0v) is 22.3. The van der Waals surface area contributed by atoms with Gasteiger partial charge in [-0.1, -0.05) is 31.2 Å². The van der Waals surface area contributed by atoms with Crippen LogP contribution in [0.5, 0.6) is 5.75 Å². The number of ether oxygens (including phenoxy) is 3. The van der Waals surface area contributed by atoms with Crippen LogP contribution in [0.4, 0.5) is 0 Å². The van der Waals surface area contributed by atoms with Gasteiger partial charge in [-0.3, -0.25) is 0 Å². The summed E-state index contributed by atoms with van der Waals surface area (Å²) in [4.78, 5) is 13.6. The van der Waals surface area contributed by atoms with Gasteiger partial charge in [-0.2, -0.15) is 0 Å². The molecule has 1 heterocycles. The quantitative estimate of drug-likeness (QED) is 0.132. The minimum absolute atomic E-state index is 0.0242. The van der Waals surface area contributed by atoms with Crippen LogP contribution in [0.3, 0.4) is 0 Å². The van der Waals surface area contributed by atoms with Gasteiger partial charge in [0.2, 0.25) is 0 Å². The third-order valence-corrected chi connectivity index (χ3v) is 9.66. The molecule has 0 atom stereocenters. The fourth-order valence-electron chi connectivity index (χ4n) is 5.54. The molecule has 36 heavy (non-hydrogen) atoms.